The van der Waals surface area contributed by atoms with E-state index >= 15 is 0 Å². The van der Waals surface area contributed by atoms with Crippen molar-refractivity contribution in [1.29, 1.82) is 0 Å². The SMILES string of the molecule is Cc1ccc(S(=O)(=O)Cc2nc(C)cs2)c(N)c1. The maximum atomic E-state index is 12.2. The summed E-state index contributed by atoms with van der Waals surface area (Å²) in [4.78, 5) is 4.35. The molecular formula is C12H14N2O2S2. The zero-order chi connectivity index (χ0) is 13.3. The molecule has 0 saturated heterocycles. The first-order chi connectivity index (χ1) is 8.38. The highest BCUT2D eigenvalue weighted by molar-refractivity contribution is 7.91. The van der Waals surface area contributed by atoms with Crippen LogP contribution in [0.1, 0.15) is 16.3 Å². The van der Waals surface area contributed by atoms with Gasteiger partial charge in [-0.3, -0.25) is 0 Å². The lowest BCUT2D eigenvalue weighted by atomic mass is 10.2. The van der Waals surface area contributed by atoms with Gasteiger partial charge in [0.25, 0.3) is 0 Å². The maximum absolute atomic E-state index is 12.2. The minimum absolute atomic E-state index is 0.0984. The molecule has 2 N–H and O–H groups in total. The molecule has 18 heavy (non-hydrogen) atoms. The zero-order valence-corrected chi connectivity index (χ0v) is 11.8. The number of benzene rings is 1. The molecule has 1 aromatic heterocycles. The van der Waals surface area contributed by atoms with Crippen molar-refractivity contribution >= 4 is 26.9 Å². The van der Waals surface area contributed by atoms with Gasteiger partial charge < -0.3 is 5.73 Å². The van der Waals surface area contributed by atoms with Crippen molar-refractivity contribution in [3.8, 4) is 0 Å². The fourth-order valence-corrected chi connectivity index (χ4v) is 4.19. The van der Waals surface area contributed by atoms with Crippen LogP contribution >= 0.6 is 11.3 Å². The van der Waals surface area contributed by atoms with E-state index in [2.05, 4.69) is 4.98 Å². The number of anilines is 1. The van der Waals surface area contributed by atoms with Crippen LogP contribution in [0, 0.1) is 13.8 Å². The molecule has 96 valence electrons. The van der Waals surface area contributed by atoms with Crippen LogP contribution in [0.2, 0.25) is 0 Å². The summed E-state index contributed by atoms with van der Waals surface area (Å²) in [6, 6.07) is 4.97. The minimum Gasteiger partial charge on any atom is -0.398 e. The summed E-state index contributed by atoms with van der Waals surface area (Å²) < 4.78 is 24.5. The van der Waals surface area contributed by atoms with Crippen molar-refractivity contribution in [2.75, 3.05) is 5.73 Å². The van der Waals surface area contributed by atoms with Crippen LogP contribution in [0.25, 0.3) is 0 Å². The average Bonchev–Trinajstić information content (AvgIpc) is 2.62. The summed E-state index contributed by atoms with van der Waals surface area (Å²) in [5.41, 5.74) is 7.84. The van der Waals surface area contributed by atoms with E-state index in [1.165, 1.54) is 11.3 Å². The molecule has 2 aromatic rings. The van der Waals surface area contributed by atoms with E-state index in [1.54, 1.807) is 18.2 Å². The largest absolute Gasteiger partial charge is 0.398 e. The van der Waals surface area contributed by atoms with E-state index in [1.807, 2.05) is 19.2 Å². The number of thiazole rings is 1. The van der Waals surface area contributed by atoms with E-state index in [-0.39, 0.29) is 10.6 Å². The van der Waals surface area contributed by atoms with Gasteiger partial charge in [0, 0.05) is 11.1 Å². The number of nitrogens with zero attached hydrogens (tertiary/aromatic N) is 1. The van der Waals surface area contributed by atoms with E-state index < -0.39 is 9.84 Å². The van der Waals surface area contributed by atoms with Crippen LogP contribution in [-0.4, -0.2) is 13.4 Å². The van der Waals surface area contributed by atoms with Crippen molar-refractivity contribution in [2.24, 2.45) is 0 Å². The Kier molecular flexibility index (Phi) is 3.41. The van der Waals surface area contributed by atoms with Gasteiger partial charge in [0.15, 0.2) is 9.84 Å². The molecule has 4 nitrogen and oxygen atoms in total. The third-order valence-corrected chi connectivity index (χ3v) is 5.33. The van der Waals surface area contributed by atoms with Crippen LogP contribution in [0.4, 0.5) is 5.69 Å². The lowest BCUT2D eigenvalue weighted by Gasteiger charge is -2.06. The Morgan fingerprint density at radius 1 is 1.33 bits per heavy atom. The van der Waals surface area contributed by atoms with E-state index in [4.69, 9.17) is 5.73 Å². The average molecular weight is 282 g/mol. The van der Waals surface area contributed by atoms with Crippen molar-refractivity contribution in [2.45, 2.75) is 24.5 Å². The summed E-state index contributed by atoms with van der Waals surface area (Å²) in [6.45, 7) is 3.71. The molecule has 0 fully saturated rings. The summed E-state index contributed by atoms with van der Waals surface area (Å²) in [6.07, 6.45) is 0. The van der Waals surface area contributed by atoms with Crippen LogP contribution in [0.5, 0.6) is 0 Å². The smallest absolute Gasteiger partial charge is 0.186 e. The standard InChI is InChI=1S/C12H14N2O2S2/c1-8-3-4-11(10(13)5-8)18(15,16)7-12-14-9(2)6-17-12/h3-6H,7,13H2,1-2H3. The van der Waals surface area contributed by atoms with Crippen LogP contribution < -0.4 is 5.73 Å². The number of nitrogen functional groups attached to an aromatic ring is 1. The van der Waals surface area contributed by atoms with Crippen molar-refractivity contribution in [3.63, 3.8) is 0 Å². The molecule has 0 bridgehead atoms. The lowest BCUT2D eigenvalue weighted by molar-refractivity contribution is 0.595. The quantitative estimate of drug-likeness (QED) is 0.877. The molecule has 2 rings (SSSR count). The molecule has 0 unspecified atom stereocenters. The fourth-order valence-electron chi connectivity index (χ4n) is 1.66. The normalized spacial score (nSPS) is 11.7. The Labute approximate surface area is 110 Å². The summed E-state index contributed by atoms with van der Waals surface area (Å²) >= 11 is 1.35. The van der Waals surface area contributed by atoms with Crippen molar-refractivity contribution in [3.05, 3.63) is 39.8 Å². The molecule has 0 atom stereocenters. The fraction of sp³-hybridized carbons (Fsp3) is 0.250. The summed E-state index contributed by atoms with van der Waals surface area (Å²) in [5.74, 6) is -0.0984. The number of hydrogen-bond donors (Lipinski definition) is 1. The second-order valence-corrected chi connectivity index (χ2v) is 7.08. The lowest BCUT2D eigenvalue weighted by Crippen LogP contribution is -2.08. The first kappa shape index (κ1) is 13.0. The van der Waals surface area contributed by atoms with Gasteiger partial charge in [-0.2, -0.15) is 0 Å². The van der Waals surface area contributed by atoms with Crippen LogP contribution in [0.3, 0.4) is 0 Å². The second-order valence-electron chi connectivity index (χ2n) is 4.18. The first-order valence-corrected chi connectivity index (χ1v) is 7.91. The number of aromatic nitrogens is 1. The molecule has 0 aliphatic carbocycles. The molecule has 6 heteroatoms. The third-order valence-electron chi connectivity index (χ3n) is 2.48. The van der Waals surface area contributed by atoms with E-state index in [0.717, 1.165) is 11.3 Å². The maximum Gasteiger partial charge on any atom is 0.186 e. The van der Waals surface area contributed by atoms with Crippen molar-refractivity contribution in [1.82, 2.24) is 4.98 Å². The molecule has 1 heterocycles. The van der Waals surface area contributed by atoms with Crippen LogP contribution in [-0.2, 0) is 15.6 Å². The Morgan fingerprint density at radius 2 is 2.06 bits per heavy atom. The van der Waals surface area contributed by atoms with Gasteiger partial charge in [-0.25, -0.2) is 13.4 Å². The second kappa shape index (κ2) is 4.70. The number of sulfone groups is 1. The predicted molar refractivity (Wildman–Crippen MR) is 73.3 cm³/mol. The zero-order valence-electron chi connectivity index (χ0n) is 10.2. The molecular weight excluding hydrogens is 268 g/mol. The van der Waals surface area contributed by atoms with Gasteiger partial charge in [-0.05, 0) is 31.5 Å². The Bertz CT molecular complexity index is 675. The Morgan fingerprint density at radius 3 is 2.61 bits per heavy atom. The molecule has 0 aliphatic rings. The topological polar surface area (TPSA) is 73.0 Å². The van der Waals surface area contributed by atoms with Crippen LogP contribution in [0.15, 0.2) is 28.5 Å². The van der Waals surface area contributed by atoms with E-state index in [9.17, 15) is 8.42 Å². The van der Waals surface area contributed by atoms with Crippen molar-refractivity contribution < 1.29 is 8.42 Å². The number of aryl methyl sites for hydroxylation is 2. The highest BCUT2D eigenvalue weighted by atomic mass is 32.2. The molecule has 1 aromatic carbocycles. The monoisotopic (exact) mass is 282 g/mol. The van der Waals surface area contributed by atoms with Gasteiger partial charge in [-0.15, -0.1) is 11.3 Å². The molecule has 0 radical (unpaired) electrons. The number of nitrogens with two attached hydrogens (primary N) is 1. The number of hydrogen-bond acceptors (Lipinski definition) is 5. The Balaban J connectivity index is 2.36. The summed E-state index contributed by atoms with van der Waals surface area (Å²) in [7, 11) is -3.42. The van der Waals surface area contributed by atoms with Gasteiger partial charge in [-0.1, -0.05) is 6.07 Å². The van der Waals surface area contributed by atoms with Gasteiger partial charge in [0.05, 0.1) is 10.6 Å². The van der Waals surface area contributed by atoms with Gasteiger partial charge in [0.1, 0.15) is 10.8 Å². The minimum atomic E-state index is -3.42. The van der Waals surface area contributed by atoms with Gasteiger partial charge >= 0.3 is 0 Å². The predicted octanol–water partition coefficient (Wildman–Crippen LogP) is 2.32. The highest BCUT2D eigenvalue weighted by Gasteiger charge is 2.19. The first-order valence-electron chi connectivity index (χ1n) is 5.38. The molecule has 0 spiro atoms. The molecule has 0 saturated carbocycles. The van der Waals surface area contributed by atoms with E-state index in [0.29, 0.717) is 10.7 Å². The van der Waals surface area contributed by atoms with Gasteiger partial charge in [0.2, 0.25) is 0 Å². The summed E-state index contributed by atoms with van der Waals surface area (Å²) in [5, 5.41) is 2.43. The molecule has 0 aliphatic heterocycles. The third kappa shape index (κ3) is 2.70. The highest BCUT2D eigenvalue weighted by Crippen LogP contribution is 2.24. The number of rotatable bonds is 3. The molecule has 0 amide bonds. The Hall–Kier alpha value is -1.40.